The first-order valence-electron chi connectivity index (χ1n) is 7.22. The zero-order valence-corrected chi connectivity index (χ0v) is 19.1. The van der Waals surface area contributed by atoms with Gasteiger partial charge in [0.1, 0.15) is 0 Å². The molecule has 0 saturated carbocycles. The lowest BCUT2D eigenvalue weighted by Gasteiger charge is -2.21. The molecule has 128 valence electrons. The third-order valence-electron chi connectivity index (χ3n) is 3.17. The maximum atomic E-state index is 4.45. The number of guanidine groups is 1. The fourth-order valence-electron chi connectivity index (χ4n) is 2.04. The average molecular weight is 529 g/mol. The molecule has 0 amide bonds. The largest absolute Gasteiger partial charge is 0.356 e. The molecule has 0 fully saturated rings. The molecule has 2 aromatic heterocycles. The summed E-state index contributed by atoms with van der Waals surface area (Å²) in [5.74, 6) is 0.914. The van der Waals surface area contributed by atoms with E-state index in [2.05, 4.69) is 62.2 Å². The molecule has 2 aromatic rings. The number of thiazole rings is 1. The molecule has 2 rings (SSSR count). The lowest BCUT2D eigenvalue weighted by Crippen LogP contribution is -2.39. The minimum atomic E-state index is 0. The van der Waals surface area contributed by atoms with Gasteiger partial charge in [-0.3, -0.25) is 4.99 Å². The molecule has 23 heavy (non-hydrogen) atoms. The summed E-state index contributed by atoms with van der Waals surface area (Å²) < 4.78 is 1.16. The van der Waals surface area contributed by atoms with Crippen molar-refractivity contribution in [3.8, 4) is 0 Å². The van der Waals surface area contributed by atoms with Crippen LogP contribution in [0.25, 0.3) is 0 Å². The van der Waals surface area contributed by atoms with Crippen molar-refractivity contribution in [2.75, 3.05) is 20.6 Å². The lowest BCUT2D eigenvalue weighted by molar-refractivity contribution is 0.482. The predicted molar refractivity (Wildman–Crippen MR) is 115 cm³/mol. The van der Waals surface area contributed by atoms with Crippen LogP contribution in [0, 0.1) is 0 Å². The second-order valence-corrected chi connectivity index (χ2v) is 8.61. The van der Waals surface area contributed by atoms with Gasteiger partial charge in [0.15, 0.2) is 5.96 Å². The van der Waals surface area contributed by atoms with Crippen LogP contribution in [0.15, 0.2) is 27.1 Å². The summed E-state index contributed by atoms with van der Waals surface area (Å²) in [6.07, 6.45) is 3.98. The highest BCUT2D eigenvalue weighted by Gasteiger charge is 2.08. The Kier molecular flexibility index (Phi) is 9.64. The van der Waals surface area contributed by atoms with E-state index in [4.69, 9.17) is 0 Å². The van der Waals surface area contributed by atoms with E-state index in [0.29, 0.717) is 0 Å². The van der Waals surface area contributed by atoms with E-state index in [9.17, 15) is 0 Å². The molecular weight excluding hydrogens is 507 g/mol. The number of aliphatic imine (C=N–C) groups is 1. The zero-order valence-electron chi connectivity index (χ0n) is 13.5. The third-order valence-corrected chi connectivity index (χ3v) is 5.98. The van der Waals surface area contributed by atoms with Gasteiger partial charge in [0.05, 0.1) is 15.3 Å². The van der Waals surface area contributed by atoms with E-state index in [1.807, 2.05) is 13.2 Å². The average Bonchev–Trinajstić information content (AvgIpc) is 3.12. The van der Waals surface area contributed by atoms with Gasteiger partial charge < -0.3 is 10.2 Å². The number of thiophene rings is 1. The van der Waals surface area contributed by atoms with Gasteiger partial charge >= 0.3 is 0 Å². The Labute approximate surface area is 171 Å². The van der Waals surface area contributed by atoms with E-state index in [-0.39, 0.29) is 24.0 Å². The van der Waals surface area contributed by atoms with Gasteiger partial charge in [-0.2, -0.15) is 0 Å². The molecule has 1 N–H and O–H groups in total. The summed E-state index contributed by atoms with van der Waals surface area (Å²) in [7, 11) is 3.88. The second-order valence-electron chi connectivity index (χ2n) is 4.86. The number of nitrogens with one attached hydrogen (secondary N) is 1. The number of aromatic nitrogens is 1. The third kappa shape index (κ3) is 6.67. The molecular formula is C15H22BrIN4S2. The molecule has 0 bridgehead atoms. The topological polar surface area (TPSA) is 40.5 Å². The maximum absolute atomic E-state index is 4.45. The fourth-order valence-corrected chi connectivity index (χ4v) is 4.44. The monoisotopic (exact) mass is 528 g/mol. The lowest BCUT2D eigenvalue weighted by atomic mass is 10.4. The van der Waals surface area contributed by atoms with Crippen molar-refractivity contribution < 1.29 is 0 Å². The van der Waals surface area contributed by atoms with Crippen molar-refractivity contribution in [1.29, 1.82) is 0 Å². The molecule has 0 unspecified atom stereocenters. The van der Waals surface area contributed by atoms with Crippen LogP contribution in [0.3, 0.4) is 0 Å². The summed E-state index contributed by atoms with van der Waals surface area (Å²) in [5.41, 5.74) is 0. The Morgan fingerprint density at radius 3 is 2.70 bits per heavy atom. The van der Waals surface area contributed by atoms with Crippen LogP contribution >= 0.6 is 62.6 Å². The molecule has 0 atom stereocenters. The Morgan fingerprint density at radius 2 is 2.13 bits per heavy atom. The highest BCUT2D eigenvalue weighted by atomic mass is 127. The van der Waals surface area contributed by atoms with E-state index >= 15 is 0 Å². The van der Waals surface area contributed by atoms with E-state index < -0.39 is 0 Å². The number of aryl methyl sites for hydroxylation is 1. The van der Waals surface area contributed by atoms with E-state index in [1.165, 1.54) is 14.8 Å². The van der Waals surface area contributed by atoms with Gasteiger partial charge in [-0.15, -0.1) is 46.7 Å². The summed E-state index contributed by atoms with van der Waals surface area (Å²) in [6, 6.07) is 4.22. The van der Waals surface area contributed by atoms with Crippen molar-refractivity contribution in [2.24, 2.45) is 4.99 Å². The first kappa shape index (κ1) is 20.9. The van der Waals surface area contributed by atoms with Crippen LogP contribution in [0.1, 0.15) is 21.7 Å². The Balaban J connectivity index is 0.00000264. The summed E-state index contributed by atoms with van der Waals surface area (Å²) in [6.45, 7) is 3.87. The van der Waals surface area contributed by atoms with Crippen LogP contribution in [0.5, 0.6) is 0 Å². The molecule has 0 aliphatic rings. The minimum absolute atomic E-state index is 0. The Bertz CT molecular complexity index is 627. The normalized spacial score (nSPS) is 11.2. The smallest absolute Gasteiger partial charge is 0.193 e. The molecule has 8 heteroatoms. The van der Waals surface area contributed by atoms with Gasteiger partial charge in [0, 0.05) is 43.0 Å². The van der Waals surface area contributed by atoms with Crippen molar-refractivity contribution in [3.05, 3.63) is 36.9 Å². The Hall–Kier alpha value is -0.190. The highest BCUT2D eigenvalue weighted by Crippen LogP contribution is 2.23. The molecule has 0 spiro atoms. The molecule has 0 aliphatic carbocycles. The molecule has 0 aromatic carbocycles. The van der Waals surface area contributed by atoms with Crippen molar-refractivity contribution in [3.63, 3.8) is 0 Å². The first-order valence-corrected chi connectivity index (χ1v) is 9.64. The van der Waals surface area contributed by atoms with Crippen LogP contribution in [-0.4, -0.2) is 36.5 Å². The van der Waals surface area contributed by atoms with Crippen LogP contribution < -0.4 is 5.32 Å². The molecule has 4 nitrogen and oxygen atoms in total. The first-order chi connectivity index (χ1) is 10.6. The molecule has 2 heterocycles. The zero-order chi connectivity index (χ0) is 15.9. The number of nitrogens with zero attached hydrogens (tertiary/aromatic N) is 3. The number of halogens is 2. The fraction of sp³-hybridized carbons (Fsp3) is 0.467. The van der Waals surface area contributed by atoms with Crippen LogP contribution in [0.4, 0.5) is 0 Å². The van der Waals surface area contributed by atoms with Crippen molar-refractivity contribution in [1.82, 2.24) is 15.2 Å². The standard InChI is InChI=1S/C15H21BrN4S2.HI/c1-4-11-9-19-14(22-11)7-8-18-15(17-2)20(3)10-12-5-6-13(16)21-12;/h5-6,9H,4,7-8,10H2,1-3H3,(H,17,18);1H. The number of rotatable bonds is 6. The van der Waals surface area contributed by atoms with Gasteiger partial charge in [-0.25, -0.2) is 4.98 Å². The van der Waals surface area contributed by atoms with Gasteiger partial charge in [0.2, 0.25) is 0 Å². The van der Waals surface area contributed by atoms with E-state index in [0.717, 1.165) is 35.7 Å². The SMILES string of the molecule is CCc1cnc(CCNC(=NC)N(C)Cc2ccc(Br)s2)s1.I. The summed E-state index contributed by atoms with van der Waals surface area (Å²) in [4.78, 5) is 13.6. The van der Waals surface area contributed by atoms with Crippen molar-refractivity contribution >= 4 is 68.5 Å². The molecule has 0 aliphatic heterocycles. The van der Waals surface area contributed by atoms with Gasteiger partial charge in [0.25, 0.3) is 0 Å². The van der Waals surface area contributed by atoms with Crippen LogP contribution in [0.2, 0.25) is 0 Å². The number of hydrogen-bond donors (Lipinski definition) is 1. The summed E-state index contributed by atoms with van der Waals surface area (Å²) >= 11 is 7.05. The van der Waals surface area contributed by atoms with Gasteiger partial charge in [-0.1, -0.05) is 6.92 Å². The highest BCUT2D eigenvalue weighted by molar-refractivity contribution is 14.0. The van der Waals surface area contributed by atoms with Crippen LogP contribution in [-0.2, 0) is 19.4 Å². The van der Waals surface area contributed by atoms with E-state index in [1.54, 1.807) is 22.7 Å². The Morgan fingerprint density at radius 1 is 1.35 bits per heavy atom. The van der Waals surface area contributed by atoms with Gasteiger partial charge in [-0.05, 0) is 34.5 Å². The summed E-state index contributed by atoms with van der Waals surface area (Å²) in [5, 5.41) is 4.59. The second kappa shape index (κ2) is 10.6. The number of hydrogen-bond acceptors (Lipinski definition) is 4. The maximum Gasteiger partial charge on any atom is 0.193 e. The molecule has 0 saturated heterocycles. The molecule has 0 radical (unpaired) electrons. The van der Waals surface area contributed by atoms with Crippen molar-refractivity contribution in [2.45, 2.75) is 26.3 Å². The minimum Gasteiger partial charge on any atom is -0.356 e. The quantitative estimate of drug-likeness (QED) is 0.343. The predicted octanol–water partition coefficient (Wildman–Crippen LogP) is 4.40.